The fourth-order valence-electron chi connectivity index (χ4n) is 36.5. The van der Waals surface area contributed by atoms with Gasteiger partial charge in [0, 0.05) is 16.2 Å². The number of hydrogen-bond acceptors (Lipinski definition) is 12. The van der Waals surface area contributed by atoms with Gasteiger partial charge in [-0.25, -0.2) is 0 Å². The summed E-state index contributed by atoms with van der Waals surface area (Å²) < 4.78 is 0. The number of allylic oxidation sites excluding steroid dienone is 9. The summed E-state index contributed by atoms with van der Waals surface area (Å²) in [6.07, 6.45) is 47.3. The van der Waals surface area contributed by atoms with Crippen LogP contribution in [-0.4, -0.2) is 59.6 Å². The lowest BCUT2D eigenvalue weighted by molar-refractivity contribution is -0.224. The molecule has 13 heteroatoms. The van der Waals surface area contributed by atoms with E-state index < -0.39 is 7.12 Å². The van der Waals surface area contributed by atoms with Crippen LogP contribution in [0.2, 0.25) is 0 Å². The number of hydrogen-bond donors (Lipinski definition) is 3. The maximum Gasteiger partial charge on any atom is 0.488 e. The summed E-state index contributed by atoms with van der Waals surface area (Å²) in [4.78, 5) is 74.0. The largest absolute Gasteiger partial charge is 0.488 e. The third-order valence-corrected chi connectivity index (χ3v) is 43.4. The van der Waals surface area contributed by atoms with Gasteiger partial charge in [0.1, 0.15) is 12.6 Å². The van der Waals surface area contributed by atoms with Crippen molar-refractivity contribution in [2.24, 2.45) is 175 Å². The van der Waals surface area contributed by atoms with Crippen LogP contribution in [0.5, 0.6) is 0 Å². The molecule has 12 saturated carbocycles. The van der Waals surface area contributed by atoms with E-state index >= 15 is 0 Å². The molecule has 0 amide bonds. The van der Waals surface area contributed by atoms with Gasteiger partial charge in [-0.3, -0.25) is 0 Å². The standard InChI is InChI=1S/C37H53NO.C37H52O.C31H48O.C7H9BO2.3CO2/c1-24(2)27-15-20-37(23-38-39)22-21-35(7)29(32(27)37)13-14-31-34(6)18-16-28(26-11-9-25(3)10-12-26)33(4,5)30(34)17-19-36(31,35)8;1-24(2)27-15-20-37(23-38)22-21-35(7)29(32(27)37)13-14-31-34(6)18-16-28(26-11-9-25(3)10-12-26)33(4,5)30(34)17-19-36(31,35)8;1-20(2)22-12-16-31(19-32)18-17-29(7)23(26(22)31)9-10-25-28(6)14-11-21(3)27(4,5)24(28)13-15-30(25,29)8;1-6-2-4-7(5-3-6)8(9)10;3*2-1-3/h9-12,16,23,27,29-32,39H,1,13-15,17-22H2,2-8H3;9-12,16,23,27,29-32H,1,13-15,17-22H2,2-8H3;11,19,22-26H,1,9-10,12-18H2,2-8H3;2-5,9-10H,1H3;;;/b38-23+;;;;;;/t2*27-,29+,30-,31+,32+,34-,35+,36+,37+;22-,23+,24-,25+,26+,28-,29+,30+,31+;;;;/m000..../s1. The number of carbonyl (C=O) groups excluding carboxylic acids is 8. The maximum absolute atomic E-state index is 12.7. The Balaban J connectivity index is 0.000000158. The summed E-state index contributed by atoms with van der Waals surface area (Å²) in [6.45, 7) is 68.2. The third kappa shape index (κ3) is 15.8. The zero-order valence-corrected chi connectivity index (χ0v) is 82.9. The monoisotopic (exact) mass is 1740 g/mol. The first-order valence-electron chi connectivity index (χ1n) is 49.7. The Bertz CT molecular complexity index is 4820. The van der Waals surface area contributed by atoms with Gasteiger partial charge in [-0.15, -0.1) is 5.16 Å². The van der Waals surface area contributed by atoms with Gasteiger partial charge in [0.25, 0.3) is 0 Å². The van der Waals surface area contributed by atoms with Crippen molar-refractivity contribution in [3.63, 3.8) is 0 Å². The Morgan fingerprint density at radius 1 is 0.359 bits per heavy atom. The summed E-state index contributed by atoms with van der Waals surface area (Å²) in [5.41, 5.74) is 19.7. The second-order valence-corrected chi connectivity index (χ2v) is 48.9. The summed E-state index contributed by atoms with van der Waals surface area (Å²) in [5, 5.41) is 30.8. The summed E-state index contributed by atoms with van der Waals surface area (Å²) in [6, 6.07) is 25.6. The fraction of sp³-hybridized carbons (Fsp3) is 0.687. The van der Waals surface area contributed by atoms with E-state index in [2.05, 4.69) is 237 Å². The van der Waals surface area contributed by atoms with Crippen molar-refractivity contribution in [3.8, 4) is 0 Å². The normalized spacial score (nSPS) is 42.6. The molecule has 15 aliphatic rings. The molecule has 0 radical (unpaired) electrons. The van der Waals surface area contributed by atoms with Crippen molar-refractivity contribution in [1.29, 1.82) is 0 Å². The zero-order valence-electron chi connectivity index (χ0n) is 82.9. The molecule has 128 heavy (non-hydrogen) atoms. The maximum atomic E-state index is 12.7. The van der Waals surface area contributed by atoms with Gasteiger partial charge < -0.3 is 24.8 Å². The minimum atomic E-state index is -1.35. The number of aryl methyl sites for hydroxylation is 3. The number of rotatable bonds is 9. The van der Waals surface area contributed by atoms with Crippen LogP contribution in [-0.2, 0) is 38.4 Å². The molecule has 3 aromatic rings. The van der Waals surface area contributed by atoms with Gasteiger partial charge in [0.05, 0.1) is 6.21 Å². The molecule has 0 aromatic heterocycles. The van der Waals surface area contributed by atoms with Crippen molar-refractivity contribution < 1.29 is 53.6 Å². The van der Waals surface area contributed by atoms with Gasteiger partial charge >= 0.3 is 25.6 Å². The molecule has 0 bridgehead atoms. The van der Waals surface area contributed by atoms with Crippen molar-refractivity contribution in [2.75, 3.05) is 0 Å². The van der Waals surface area contributed by atoms with E-state index in [1.165, 1.54) is 193 Å². The van der Waals surface area contributed by atoms with E-state index in [9.17, 15) is 14.8 Å². The molecule has 0 saturated heterocycles. The molecular formula is C115H162BNO11. The van der Waals surface area contributed by atoms with Gasteiger partial charge in [-0.05, 0) is 403 Å². The van der Waals surface area contributed by atoms with E-state index in [1.807, 2.05) is 25.3 Å². The van der Waals surface area contributed by atoms with Crippen LogP contribution in [0.4, 0.5) is 0 Å². The van der Waals surface area contributed by atoms with Gasteiger partial charge in [0.2, 0.25) is 0 Å². The van der Waals surface area contributed by atoms with Crippen LogP contribution < -0.4 is 5.46 Å². The fourth-order valence-corrected chi connectivity index (χ4v) is 36.5. The highest BCUT2D eigenvalue weighted by Gasteiger charge is 2.75. The topological polar surface area (TPSA) is 210 Å². The first kappa shape index (κ1) is 100. The summed E-state index contributed by atoms with van der Waals surface area (Å²) >= 11 is 0. The minimum absolute atomic E-state index is 0.0609. The highest BCUT2D eigenvalue weighted by Crippen LogP contribution is 2.82. The van der Waals surface area contributed by atoms with Gasteiger partial charge in [0.15, 0.2) is 0 Å². The zero-order chi connectivity index (χ0) is 94.3. The lowest BCUT2D eigenvalue weighted by Gasteiger charge is -2.72. The molecule has 3 aromatic carbocycles. The second-order valence-electron chi connectivity index (χ2n) is 48.9. The Hall–Kier alpha value is -6.97. The van der Waals surface area contributed by atoms with E-state index in [4.69, 9.17) is 38.8 Å². The lowest BCUT2D eigenvalue weighted by Crippen LogP contribution is -2.65. The number of oxime groups is 1. The highest BCUT2D eigenvalue weighted by atomic mass is 16.4. The van der Waals surface area contributed by atoms with E-state index in [1.54, 1.807) is 28.9 Å². The number of fused-ring (bicyclic) bond motifs is 21. The average Bonchev–Trinajstić information content (AvgIpc) is 1.11. The molecule has 0 spiro atoms. The van der Waals surface area contributed by atoms with Crippen LogP contribution in [0.25, 0.3) is 11.1 Å². The summed E-state index contributed by atoms with van der Waals surface area (Å²) in [5.74, 6) is 9.80. The van der Waals surface area contributed by atoms with Crippen LogP contribution in [0, 0.1) is 191 Å². The SMILES string of the molecule is C=C(C)[C@@H]1CC[C@]2(/C=N/O)CC[C@]3(C)[C@H](CC[C@@H]4[C@@]5(C)CC=C(c6ccc(C)cc6)C(C)(C)[C@@H]5CC[C@]43C)[C@@H]12.C=C(C)[C@@H]1CC[C@]2(C=O)CC[C@]3(C)[C@H](CC[C@@H]4[C@@]5(C)CC=C(C)C(C)(C)[C@@H]5CC[C@]43C)[C@@H]12.C=C(C)[C@@H]1CC[C@]2(C=O)CC[C@]3(C)[C@H](CC[C@@H]4[C@@]5(C)CC=C(c6ccc(C)cc6)C(C)(C)[C@@H]5CC[C@]43C)[C@@H]12.Cc1ccc(B(O)O)cc1.O=C=O.O=C=O.O=C=O. The number of nitrogens with zero attached hydrogens (tertiary/aromatic N) is 1. The highest BCUT2D eigenvalue weighted by molar-refractivity contribution is 6.58. The van der Waals surface area contributed by atoms with Crippen molar-refractivity contribution in [1.82, 2.24) is 0 Å². The van der Waals surface area contributed by atoms with Crippen LogP contribution in [0.1, 0.15) is 333 Å². The smallest absolute Gasteiger partial charge is 0.423 e. The Morgan fingerprint density at radius 2 is 0.641 bits per heavy atom. The first-order chi connectivity index (χ1) is 60.0. The predicted octanol–water partition coefficient (Wildman–Crippen LogP) is 26.3. The lowest BCUT2D eigenvalue weighted by atomic mass is 9.32. The molecular weight excluding hydrogens is 1580 g/mol. The molecule has 18 rings (SSSR count). The molecule has 12 fully saturated rings. The predicted molar refractivity (Wildman–Crippen MR) is 514 cm³/mol. The first-order valence-corrected chi connectivity index (χ1v) is 49.7. The van der Waals surface area contributed by atoms with Crippen molar-refractivity contribution >= 4 is 61.0 Å². The average molecular weight is 1750 g/mol. The van der Waals surface area contributed by atoms with Crippen LogP contribution in [0.15, 0.2) is 138 Å². The molecule has 15 aliphatic carbocycles. The molecule has 0 unspecified atom stereocenters. The number of aldehydes is 2. The Kier molecular flexibility index (Phi) is 28.5. The number of carbonyl (C=O) groups is 2. The molecule has 27 atom stereocenters. The minimum Gasteiger partial charge on any atom is -0.423 e. The van der Waals surface area contributed by atoms with Crippen molar-refractivity contribution in [2.45, 2.75) is 326 Å². The van der Waals surface area contributed by atoms with Gasteiger partial charge in [-0.1, -0.05) is 254 Å². The third-order valence-electron chi connectivity index (χ3n) is 43.4. The molecule has 0 heterocycles. The van der Waals surface area contributed by atoms with Crippen LogP contribution in [0.3, 0.4) is 0 Å². The van der Waals surface area contributed by atoms with Gasteiger partial charge in [-0.2, -0.15) is 28.8 Å². The second kappa shape index (κ2) is 36.4. The molecule has 0 aliphatic heterocycles. The Morgan fingerprint density at radius 3 is 0.938 bits per heavy atom. The quantitative estimate of drug-likeness (QED) is 0.0458. The van der Waals surface area contributed by atoms with E-state index in [-0.39, 0.29) is 45.5 Å². The number of benzene rings is 3. The molecule has 3 N–H and O–H groups in total. The van der Waals surface area contributed by atoms with E-state index in [0.717, 1.165) is 61.3 Å². The molecule has 696 valence electrons. The summed E-state index contributed by atoms with van der Waals surface area (Å²) in [7, 11) is -1.35. The van der Waals surface area contributed by atoms with E-state index in [0.29, 0.717) is 125 Å². The Labute approximate surface area is 771 Å². The van der Waals surface area contributed by atoms with Crippen LogP contribution >= 0.6 is 0 Å². The van der Waals surface area contributed by atoms with Crippen molar-refractivity contribution in [3.05, 3.63) is 161 Å². The molecule has 12 nitrogen and oxygen atoms in total.